The molecule has 3 heteroatoms. The number of nitrogens with zero attached hydrogens (tertiary/aromatic N) is 1. The van der Waals surface area contributed by atoms with Crippen LogP contribution < -0.4 is 5.63 Å². The zero-order valence-electron chi connectivity index (χ0n) is 18.2. The minimum Gasteiger partial charge on any atom is -0.421 e. The lowest BCUT2D eigenvalue weighted by atomic mass is 9.97. The molecule has 7 aromatic rings. The smallest absolute Gasteiger partial charge is 0.344 e. The van der Waals surface area contributed by atoms with Gasteiger partial charge in [-0.2, -0.15) is 0 Å². The molecule has 0 saturated heterocycles. The predicted octanol–water partition coefficient (Wildman–Crippen LogP) is 7.71. The van der Waals surface area contributed by atoms with Crippen LogP contribution in [0.25, 0.3) is 60.4 Å². The van der Waals surface area contributed by atoms with Gasteiger partial charge >= 0.3 is 5.63 Å². The Labute approximate surface area is 195 Å². The Morgan fingerprint density at radius 2 is 1.21 bits per heavy atom. The lowest BCUT2D eigenvalue weighted by molar-refractivity contribution is 0.573. The second-order valence-corrected chi connectivity index (χ2v) is 8.51. The Morgan fingerprint density at radius 1 is 0.588 bits per heavy atom. The van der Waals surface area contributed by atoms with E-state index in [0.717, 1.165) is 49.4 Å². The van der Waals surface area contributed by atoms with E-state index in [4.69, 9.17) is 4.42 Å². The van der Waals surface area contributed by atoms with Gasteiger partial charge in [-0.1, -0.05) is 84.9 Å². The van der Waals surface area contributed by atoms with Crippen molar-refractivity contribution >= 4 is 43.5 Å². The summed E-state index contributed by atoms with van der Waals surface area (Å²) in [6, 6.07) is 39.0. The van der Waals surface area contributed by atoms with Crippen molar-refractivity contribution < 1.29 is 4.42 Å². The standard InChI is InChI=1S/C31H19NO2/c33-31-23-16-8-7-15-22(23)26-19-25(20-11-3-1-4-12-20)29-28(30(26)34-31)24-17-9-10-18-27(24)32(29)21-13-5-2-6-14-21/h1-19H. The van der Waals surface area contributed by atoms with E-state index < -0.39 is 0 Å². The summed E-state index contributed by atoms with van der Waals surface area (Å²) >= 11 is 0. The molecule has 2 aromatic heterocycles. The largest absolute Gasteiger partial charge is 0.421 e. The quantitative estimate of drug-likeness (QED) is 0.205. The molecule has 34 heavy (non-hydrogen) atoms. The maximum absolute atomic E-state index is 13.0. The third-order valence-corrected chi connectivity index (χ3v) is 6.62. The zero-order valence-corrected chi connectivity index (χ0v) is 18.2. The molecule has 0 unspecified atom stereocenters. The fraction of sp³-hybridized carbons (Fsp3) is 0. The van der Waals surface area contributed by atoms with E-state index in [-0.39, 0.29) is 5.63 Å². The summed E-state index contributed by atoms with van der Waals surface area (Å²) in [5.74, 6) is 0. The summed E-state index contributed by atoms with van der Waals surface area (Å²) < 4.78 is 8.35. The molecule has 0 N–H and O–H groups in total. The van der Waals surface area contributed by atoms with Gasteiger partial charge in [0.25, 0.3) is 0 Å². The number of rotatable bonds is 2. The molecule has 0 amide bonds. The van der Waals surface area contributed by atoms with Crippen LogP contribution in [-0.4, -0.2) is 4.57 Å². The monoisotopic (exact) mass is 437 g/mol. The SMILES string of the molecule is O=c1oc2c(cc(-c3ccccc3)c3c2c2ccccc2n3-c2ccccc2)c2ccccc12. The molecule has 5 aromatic carbocycles. The highest BCUT2D eigenvalue weighted by Gasteiger charge is 2.22. The minimum absolute atomic E-state index is 0.312. The molecule has 0 aliphatic rings. The molecule has 0 bridgehead atoms. The third-order valence-electron chi connectivity index (χ3n) is 6.62. The summed E-state index contributed by atoms with van der Waals surface area (Å²) in [4.78, 5) is 13.0. The maximum atomic E-state index is 13.0. The molecule has 0 saturated carbocycles. The van der Waals surface area contributed by atoms with Gasteiger partial charge in [0.05, 0.1) is 21.8 Å². The van der Waals surface area contributed by atoms with Gasteiger partial charge in [-0.25, -0.2) is 4.79 Å². The van der Waals surface area contributed by atoms with Crippen LogP contribution in [0, 0.1) is 0 Å². The first kappa shape index (κ1) is 18.9. The second-order valence-electron chi connectivity index (χ2n) is 8.51. The Morgan fingerprint density at radius 3 is 1.97 bits per heavy atom. The summed E-state index contributed by atoms with van der Waals surface area (Å²) in [6.45, 7) is 0. The first-order valence-electron chi connectivity index (χ1n) is 11.3. The van der Waals surface area contributed by atoms with Crippen LogP contribution in [-0.2, 0) is 0 Å². The molecule has 0 fully saturated rings. The molecule has 0 radical (unpaired) electrons. The first-order chi connectivity index (χ1) is 16.8. The molecular formula is C31H19NO2. The van der Waals surface area contributed by atoms with E-state index in [1.807, 2.05) is 54.6 Å². The number of fused-ring (bicyclic) bond motifs is 7. The van der Waals surface area contributed by atoms with Crippen LogP contribution in [0.15, 0.2) is 124 Å². The van der Waals surface area contributed by atoms with Crippen LogP contribution in [0.3, 0.4) is 0 Å². The van der Waals surface area contributed by atoms with E-state index in [2.05, 4.69) is 65.2 Å². The van der Waals surface area contributed by atoms with Crippen molar-refractivity contribution in [2.75, 3.05) is 0 Å². The highest BCUT2D eigenvalue weighted by atomic mass is 16.4. The van der Waals surface area contributed by atoms with Crippen molar-refractivity contribution in [3.8, 4) is 16.8 Å². The van der Waals surface area contributed by atoms with Crippen molar-refractivity contribution in [2.24, 2.45) is 0 Å². The predicted molar refractivity (Wildman–Crippen MR) is 140 cm³/mol. The fourth-order valence-corrected chi connectivity index (χ4v) is 5.17. The molecule has 3 nitrogen and oxygen atoms in total. The van der Waals surface area contributed by atoms with Crippen LogP contribution in [0.4, 0.5) is 0 Å². The topological polar surface area (TPSA) is 35.1 Å². The molecule has 0 atom stereocenters. The number of hydrogen-bond acceptors (Lipinski definition) is 2. The van der Waals surface area contributed by atoms with Crippen molar-refractivity contribution in [3.63, 3.8) is 0 Å². The average Bonchev–Trinajstić information content (AvgIpc) is 3.25. The van der Waals surface area contributed by atoms with Crippen molar-refractivity contribution in [1.29, 1.82) is 0 Å². The second kappa shape index (κ2) is 7.19. The Balaban J connectivity index is 1.82. The number of para-hydroxylation sites is 2. The van der Waals surface area contributed by atoms with Crippen LogP contribution in [0.2, 0.25) is 0 Å². The van der Waals surface area contributed by atoms with E-state index >= 15 is 0 Å². The maximum Gasteiger partial charge on any atom is 0.344 e. The fourth-order valence-electron chi connectivity index (χ4n) is 5.17. The van der Waals surface area contributed by atoms with Gasteiger partial charge in [0.2, 0.25) is 0 Å². The van der Waals surface area contributed by atoms with E-state index in [1.165, 1.54) is 0 Å². The van der Waals surface area contributed by atoms with Crippen molar-refractivity contribution in [2.45, 2.75) is 0 Å². The van der Waals surface area contributed by atoms with E-state index in [9.17, 15) is 4.79 Å². The van der Waals surface area contributed by atoms with Crippen LogP contribution in [0.1, 0.15) is 0 Å². The molecular weight excluding hydrogens is 418 g/mol. The van der Waals surface area contributed by atoms with Gasteiger partial charge in [0.1, 0.15) is 5.58 Å². The lowest BCUT2D eigenvalue weighted by Crippen LogP contribution is -2.01. The highest BCUT2D eigenvalue weighted by Crippen LogP contribution is 2.43. The number of aromatic nitrogens is 1. The Hall–Kier alpha value is -4.63. The van der Waals surface area contributed by atoms with Crippen LogP contribution in [0.5, 0.6) is 0 Å². The van der Waals surface area contributed by atoms with Gasteiger partial charge in [-0.15, -0.1) is 0 Å². The summed E-state index contributed by atoms with van der Waals surface area (Å²) in [7, 11) is 0. The summed E-state index contributed by atoms with van der Waals surface area (Å²) in [5.41, 5.74) is 5.70. The highest BCUT2D eigenvalue weighted by molar-refractivity contribution is 6.26. The first-order valence-corrected chi connectivity index (χ1v) is 11.3. The Bertz CT molecular complexity index is 1910. The molecule has 7 rings (SSSR count). The average molecular weight is 437 g/mol. The van der Waals surface area contributed by atoms with E-state index in [1.54, 1.807) is 0 Å². The number of hydrogen-bond donors (Lipinski definition) is 0. The third kappa shape index (κ3) is 2.61. The van der Waals surface area contributed by atoms with E-state index in [0.29, 0.717) is 11.0 Å². The molecule has 0 spiro atoms. The van der Waals surface area contributed by atoms with Gasteiger partial charge in [0, 0.05) is 22.0 Å². The lowest BCUT2D eigenvalue weighted by Gasteiger charge is -2.13. The van der Waals surface area contributed by atoms with Gasteiger partial charge in [0.15, 0.2) is 0 Å². The number of benzene rings is 5. The van der Waals surface area contributed by atoms with Crippen molar-refractivity contribution in [3.05, 3.63) is 126 Å². The summed E-state index contributed by atoms with van der Waals surface area (Å²) in [5, 5.41) is 4.46. The minimum atomic E-state index is -0.312. The summed E-state index contributed by atoms with van der Waals surface area (Å²) in [6.07, 6.45) is 0. The van der Waals surface area contributed by atoms with Crippen molar-refractivity contribution in [1.82, 2.24) is 4.57 Å². The van der Waals surface area contributed by atoms with Gasteiger partial charge < -0.3 is 8.98 Å². The molecule has 160 valence electrons. The normalized spacial score (nSPS) is 11.6. The molecule has 0 aliphatic carbocycles. The zero-order chi connectivity index (χ0) is 22.6. The van der Waals surface area contributed by atoms with Gasteiger partial charge in [-0.05, 0) is 41.3 Å². The Kier molecular flexibility index (Phi) is 4.00. The van der Waals surface area contributed by atoms with Gasteiger partial charge in [-0.3, -0.25) is 0 Å². The van der Waals surface area contributed by atoms with Crippen LogP contribution >= 0.6 is 0 Å². The molecule has 0 aliphatic heterocycles. The molecule has 2 heterocycles.